The van der Waals surface area contributed by atoms with Crippen LogP contribution in [-0.4, -0.2) is 48.2 Å². The first kappa shape index (κ1) is 14.0. The van der Waals surface area contributed by atoms with Crippen LogP contribution < -0.4 is 5.32 Å². The molecule has 0 radical (unpaired) electrons. The van der Waals surface area contributed by atoms with E-state index in [0.717, 1.165) is 0 Å². The lowest BCUT2D eigenvalue weighted by atomic mass is 10.4. The maximum atomic E-state index is 10.9. The Hall–Kier alpha value is -0.963. The van der Waals surface area contributed by atoms with E-state index in [4.69, 9.17) is 14.4 Å². The highest BCUT2D eigenvalue weighted by atomic mass is 28.4. The first-order valence-corrected chi connectivity index (χ1v) is 6.53. The average molecular weight is 237 g/mol. The quantitative estimate of drug-likeness (QED) is 0.190. The molecule has 8 heteroatoms. The van der Waals surface area contributed by atoms with Gasteiger partial charge in [-0.25, -0.2) is 4.79 Å². The van der Waals surface area contributed by atoms with E-state index >= 15 is 0 Å². The van der Waals surface area contributed by atoms with Crippen molar-refractivity contribution in [3.05, 3.63) is 0 Å². The summed E-state index contributed by atoms with van der Waals surface area (Å²) in [5.41, 5.74) is 0. The normalized spacial score (nSPS) is 10.9. The van der Waals surface area contributed by atoms with Gasteiger partial charge in [-0.1, -0.05) is 0 Å². The summed E-state index contributed by atoms with van der Waals surface area (Å²) in [5, 5.41) is 2.22. The van der Waals surface area contributed by atoms with Gasteiger partial charge in [-0.3, -0.25) is 4.79 Å². The number of hydrogen-bond acceptors (Lipinski definition) is 6. The molecule has 0 spiro atoms. The van der Waals surface area contributed by atoms with E-state index in [2.05, 4.69) is 10.1 Å². The van der Waals surface area contributed by atoms with Gasteiger partial charge >= 0.3 is 20.7 Å². The van der Waals surface area contributed by atoms with Crippen molar-refractivity contribution >= 4 is 20.7 Å². The summed E-state index contributed by atoms with van der Waals surface area (Å²) in [6.07, 6.45) is 0.181. The lowest BCUT2D eigenvalue weighted by Crippen LogP contribution is -2.37. The van der Waals surface area contributed by atoms with Gasteiger partial charge in [-0.05, 0) is 13.3 Å². The number of rotatable bonds is 5. The summed E-state index contributed by atoms with van der Waals surface area (Å²) in [6, 6.07) is -0.184. The van der Waals surface area contributed by atoms with Crippen LogP contribution in [0.4, 0.5) is 0 Å². The van der Waals surface area contributed by atoms with Crippen LogP contribution in [-0.2, 0) is 14.3 Å². The Balaban J connectivity index is 3.60. The Bertz CT molecular complexity index is 226. The zero-order chi connectivity index (χ0) is 11.9. The van der Waals surface area contributed by atoms with Crippen LogP contribution in [0.25, 0.3) is 0 Å². The highest BCUT2D eigenvalue weighted by Crippen LogP contribution is 1.99. The molecule has 4 N–H and O–H groups in total. The molecule has 15 heavy (non-hydrogen) atoms. The minimum atomic E-state index is -4.04. The van der Waals surface area contributed by atoms with Gasteiger partial charge in [0.2, 0.25) is 0 Å². The molecule has 0 heterocycles. The molecule has 1 amide bonds. The van der Waals surface area contributed by atoms with Crippen LogP contribution in [0.2, 0.25) is 6.04 Å². The SMILES string of the molecule is CCOC(=O)C(=O)NCCC[Si](O)(O)O. The number of amides is 1. The first-order valence-electron chi connectivity index (χ1n) is 4.49. The Kier molecular flexibility index (Phi) is 6.09. The van der Waals surface area contributed by atoms with Crippen LogP contribution in [0.5, 0.6) is 0 Å². The van der Waals surface area contributed by atoms with E-state index in [9.17, 15) is 9.59 Å². The standard InChI is InChI=1S/C7H15NO6Si/c1-2-14-7(10)6(9)8-4-3-5-15(11,12)13/h11-13H,2-5H2,1H3,(H,8,9). The van der Waals surface area contributed by atoms with Gasteiger partial charge in [-0.15, -0.1) is 0 Å². The Labute approximate surface area is 88.0 Å². The molecule has 0 aromatic carbocycles. The van der Waals surface area contributed by atoms with Gasteiger partial charge in [0.25, 0.3) is 0 Å². The fourth-order valence-corrected chi connectivity index (χ4v) is 1.45. The Morgan fingerprint density at radius 2 is 1.93 bits per heavy atom. The molecule has 0 saturated heterocycles. The van der Waals surface area contributed by atoms with Crippen molar-refractivity contribution in [3.8, 4) is 0 Å². The van der Waals surface area contributed by atoms with Crippen LogP contribution in [0, 0.1) is 0 Å². The second kappa shape index (κ2) is 6.51. The highest BCUT2D eigenvalue weighted by Gasteiger charge is 2.25. The molecule has 0 atom stereocenters. The van der Waals surface area contributed by atoms with Gasteiger partial charge in [0.15, 0.2) is 0 Å². The lowest BCUT2D eigenvalue weighted by molar-refractivity contribution is -0.154. The molecule has 0 saturated carbocycles. The van der Waals surface area contributed by atoms with Crippen molar-refractivity contribution in [1.82, 2.24) is 5.32 Å². The molecule has 0 aliphatic heterocycles. The molecular formula is C7H15NO6Si. The van der Waals surface area contributed by atoms with Crippen LogP contribution in [0.3, 0.4) is 0 Å². The third-order valence-electron chi connectivity index (χ3n) is 1.44. The van der Waals surface area contributed by atoms with Crippen molar-refractivity contribution < 1.29 is 28.7 Å². The number of nitrogens with one attached hydrogen (secondary N) is 1. The summed E-state index contributed by atoms with van der Waals surface area (Å²) in [7, 11) is -4.04. The average Bonchev–Trinajstić information content (AvgIpc) is 2.11. The van der Waals surface area contributed by atoms with Gasteiger partial charge in [-0.2, -0.15) is 0 Å². The molecule has 0 fully saturated rings. The second-order valence-electron chi connectivity index (χ2n) is 2.85. The molecule has 0 rings (SSSR count). The zero-order valence-corrected chi connectivity index (χ0v) is 9.39. The second-order valence-corrected chi connectivity index (χ2v) is 4.90. The van der Waals surface area contributed by atoms with Gasteiger partial charge in [0.1, 0.15) is 0 Å². The van der Waals surface area contributed by atoms with E-state index in [1.807, 2.05) is 0 Å². The lowest BCUT2D eigenvalue weighted by Gasteiger charge is -2.09. The summed E-state index contributed by atoms with van der Waals surface area (Å²) < 4.78 is 4.41. The van der Waals surface area contributed by atoms with Gasteiger partial charge in [0.05, 0.1) is 6.61 Å². The maximum absolute atomic E-state index is 10.9. The van der Waals surface area contributed by atoms with E-state index < -0.39 is 20.7 Å². The van der Waals surface area contributed by atoms with Crippen molar-refractivity contribution in [3.63, 3.8) is 0 Å². The maximum Gasteiger partial charge on any atom is 0.492 e. The zero-order valence-electron chi connectivity index (χ0n) is 8.39. The van der Waals surface area contributed by atoms with Crippen LogP contribution >= 0.6 is 0 Å². The highest BCUT2D eigenvalue weighted by molar-refractivity contribution is 6.56. The van der Waals surface area contributed by atoms with Crippen molar-refractivity contribution in [2.45, 2.75) is 19.4 Å². The predicted molar refractivity (Wildman–Crippen MR) is 51.5 cm³/mol. The third-order valence-corrected chi connectivity index (χ3v) is 2.46. The fraction of sp³-hybridized carbons (Fsp3) is 0.714. The largest absolute Gasteiger partial charge is 0.492 e. The predicted octanol–water partition coefficient (Wildman–Crippen LogP) is -2.03. The Morgan fingerprint density at radius 1 is 1.33 bits per heavy atom. The van der Waals surface area contributed by atoms with Crippen molar-refractivity contribution in [2.75, 3.05) is 13.2 Å². The topological polar surface area (TPSA) is 116 Å². The van der Waals surface area contributed by atoms with E-state index in [-0.39, 0.29) is 25.6 Å². The summed E-state index contributed by atoms with van der Waals surface area (Å²) >= 11 is 0. The molecule has 0 aromatic heterocycles. The molecule has 0 aliphatic rings. The monoisotopic (exact) mass is 237 g/mol. The minimum absolute atomic E-state index is 0.0775. The van der Waals surface area contributed by atoms with Gasteiger partial charge < -0.3 is 24.4 Å². The molecule has 0 aliphatic carbocycles. The van der Waals surface area contributed by atoms with E-state index in [1.54, 1.807) is 6.92 Å². The fourth-order valence-electron chi connectivity index (χ4n) is 0.796. The summed E-state index contributed by atoms with van der Waals surface area (Å²) in [5.74, 6) is -1.85. The number of ether oxygens (including phenoxy) is 1. The minimum Gasteiger partial charge on any atom is -0.459 e. The molecule has 0 bridgehead atoms. The molecule has 0 aromatic rings. The van der Waals surface area contributed by atoms with E-state index in [0.29, 0.717) is 0 Å². The van der Waals surface area contributed by atoms with Crippen molar-refractivity contribution in [2.24, 2.45) is 0 Å². The van der Waals surface area contributed by atoms with Crippen LogP contribution in [0.1, 0.15) is 13.3 Å². The number of carbonyl (C=O) groups is 2. The van der Waals surface area contributed by atoms with E-state index in [1.165, 1.54) is 0 Å². The number of esters is 1. The van der Waals surface area contributed by atoms with Gasteiger partial charge in [0, 0.05) is 12.6 Å². The molecule has 0 unspecified atom stereocenters. The first-order chi connectivity index (χ1) is 6.87. The molecule has 88 valence electrons. The third kappa shape index (κ3) is 8.06. The van der Waals surface area contributed by atoms with Crippen molar-refractivity contribution in [1.29, 1.82) is 0 Å². The molecular weight excluding hydrogens is 222 g/mol. The summed E-state index contributed by atoms with van der Waals surface area (Å²) in [6.45, 7) is 1.77. The molecule has 7 nitrogen and oxygen atoms in total. The smallest absolute Gasteiger partial charge is 0.459 e. The Morgan fingerprint density at radius 3 is 2.40 bits per heavy atom. The number of carbonyl (C=O) groups excluding carboxylic acids is 2. The summed E-state index contributed by atoms with van der Waals surface area (Å²) in [4.78, 5) is 47.5. The van der Waals surface area contributed by atoms with Crippen LogP contribution in [0.15, 0.2) is 0 Å². The number of hydrogen-bond donors (Lipinski definition) is 4.